The molecular formula is C50H54FN5O5. The molecule has 1 aromatic heterocycles. The number of carbonyl (C=O) groups excluding carboxylic acids is 4. The number of hydrogen-bond acceptors (Lipinski definition) is 6. The largest absolute Gasteiger partial charge is 0.355 e. The molecule has 3 heterocycles. The number of halogens is 1. The number of benzene rings is 4. The maximum Gasteiger partial charge on any atom is 0.276 e. The summed E-state index contributed by atoms with van der Waals surface area (Å²) in [5, 5.41) is 10.4. The Morgan fingerprint density at radius 1 is 0.738 bits per heavy atom. The maximum absolute atomic E-state index is 14.4. The van der Waals surface area contributed by atoms with E-state index in [0.717, 1.165) is 28.7 Å². The van der Waals surface area contributed by atoms with Gasteiger partial charge in [-0.1, -0.05) is 111 Å². The van der Waals surface area contributed by atoms with E-state index < -0.39 is 18.0 Å². The van der Waals surface area contributed by atoms with Crippen molar-refractivity contribution in [1.29, 1.82) is 0 Å². The van der Waals surface area contributed by atoms with Gasteiger partial charge >= 0.3 is 0 Å². The van der Waals surface area contributed by atoms with E-state index in [1.54, 1.807) is 23.1 Å². The Hall–Kier alpha value is -6.10. The monoisotopic (exact) mass is 823 g/mol. The van der Waals surface area contributed by atoms with Gasteiger partial charge in [0, 0.05) is 55.6 Å². The highest BCUT2D eigenvalue weighted by molar-refractivity contribution is 5.97. The van der Waals surface area contributed by atoms with Crippen LogP contribution < -0.4 is 10.6 Å². The van der Waals surface area contributed by atoms with Crippen LogP contribution in [0.5, 0.6) is 0 Å². The van der Waals surface area contributed by atoms with E-state index in [2.05, 4.69) is 59.1 Å². The summed E-state index contributed by atoms with van der Waals surface area (Å²) in [7, 11) is 0. The molecule has 2 aliphatic heterocycles. The molecule has 7 unspecified atom stereocenters. The van der Waals surface area contributed by atoms with E-state index in [-0.39, 0.29) is 71.3 Å². The summed E-state index contributed by atoms with van der Waals surface area (Å²) in [4.78, 5) is 59.8. The first kappa shape index (κ1) is 41.6. The SMILES string of the molecule is CC(C)CC1C(=O)NCC(c2cccc(CC(C)CC3C(=O)NCC(c4ccccc4)CN3C(=O)C3CC3c3ccccc3)c2)CN1C(=O)c1cc(-c2ccc(F)cc2)on1. The number of nitrogens with zero attached hydrogens (tertiary/aromatic N) is 3. The minimum absolute atomic E-state index is 0.0206. The van der Waals surface area contributed by atoms with Gasteiger partial charge in [0.1, 0.15) is 17.9 Å². The molecule has 0 radical (unpaired) electrons. The summed E-state index contributed by atoms with van der Waals surface area (Å²) in [6.45, 7) is 7.74. The normalized spacial score (nSPS) is 23.4. The van der Waals surface area contributed by atoms with E-state index >= 15 is 0 Å². The number of carbonyl (C=O) groups is 4. The third kappa shape index (κ3) is 9.61. The summed E-state index contributed by atoms with van der Waals surface area (Å²) >= 11 is 0. The quantitative estimate of drug-likeness (QED) is 0.133. The van der Waals surface area contributed by atoms with E-state index in [1.807, 2.05) is 67.3 Å². The molecule has 5 aromatic rings. The summed E-state index contributed by atoms with van der Waals surface area (Å²) in [6, 6.07) is 34.5. The summed E-state index contributed by atoms with van der Waals surface area (Å²) in [5.41, 5.74) is 4.97. The number of hydrogen-bond donors (Lipinski definition) is 2. The van der Waals surface area contributed by atoms with E-state index in [4.69, 9.17) is 4.52 Å². The zero-order valence-electron chi connectivity index (χ0n) is 35.0. The molecule has 1 saturated carbocycles. The number of amides is 4. The Balaban J connectivity index is 0.997. The van der Waals surface area contributed by atoms with Gasteiger partial charge in [0.15, 0.2) is 11.5 Å². The first-order chi connectivity index (χ1) is 29.5. The van der Waals surface area contributed by atoms with Crippen LogP contribution in [0.4, 0.5) is 4.39 Å². The lowest BCUT2D eigenvalue weighted by Crippen LogP contribution is -2.49. The van der Waals surface area contributed by atoms with Crippen molar-refractivity contribution in [3.8, 4) is 11.3 Å². The second-order valence-electron chi connectivity index (χ2n) is 17.6. The Morgan fingerprint density at radius 2 is 1.34 bits per heavy atom. The highest BCUT2D eigenvalue weighted by Crippen LogP contribution is 2.49. The van der Waals surface area contributed by atoms with Crippen LogP contribution in [0, 0.1) is 23.6 Å². The van der Waals surface area contributed by atoms with E-state index in [0.29, 0.717) is 50.2 Å². The zero-order chi connectivity index (χ0) is 42.6. The Bertz CT molecular complexity index is 2330. The molecule has 4 amide bonds. The molecule has 61 heavy (non-hydrogen) atoms. The van der Waals surface area contributed by atoms with Gasteiger partial charge in [-0.15, -0.1) is 0 Å². The predicted molar refractivity (Wildman–Crippen MR) is 231 cm³/mol. The highest BCUT2D eigenvalue weighted by atomic mass is 19.1. The molecule has 8 rings (SSSR count). The zero-order valence-corrected chi connectivity index (χ0v) is 35.0. The fraction of sp³-hybridized carbons (Fsp3) is 0.380. The van der Waals surface area contributed by atoms with E-state index in [1.165, 1.54) is 12.1 Å². The van der Waals surface area contributed by atoms with Gasteiger partial charge in [-0.2, -0.15) is 0 Å². The summed E-state index contributed by atoms with van der Waals surface area (Å²) in [5.74, 6) is -0.783. The van der Waals surface area contributed by atoms with Gasteiger partial charge in [0.2, 0.25) is 17.7 Å². The number of rotatable bonds is 12. The molecule has 0 bridgehead atoms. The Morgan fingerprint density at radius 3 is 2.02 bits per heavy atom. The Kier molecular flexibility index (Phi) is 12.5. The molecule has 10 nitrogen and oxygen atoms in total. The fourth-order valence-electron chi connectivity index (χ4n) is 9.24. The minimum atomic E-state index is -0.705. The molecule has 316 valence electrons. The molecular weight excluding hydrogens is 770 g/mol. The van der Waals surface area contributed by atoms with Crippen LogP contribution in [0.15, 0.2) is 120 Å². The van der Waals surface area contributed by atoms with Crippen LogP contribution in [0.2, 0.25) is 0 Å². The summed E-state index contributed by atoms with van der Waals surface area (Å²) in [6.07, 6.45) is 2.42. The topological polar surface area (TPSA) is 125 Å². The minimum Gasteiger partial charge on any atom is -0.355 e. The molecule has 4 aromatic carbocycles. The van der Waals surface area contributed by atoms with Crippen molar-refractivity contribution < 1.29 is 28.1 Å². The number of nitrogens with one attached hydrogen (secondary N) is 2. The first-order valence-corrected chi connectivity index (χ1v) is 21.6. The molecule has 2 saturated heterocycles. The fourth-order valence-corrected chi connectivity index (χ4v) is 9.24. The lowest BCUT2D eigenvalue weighted by atomic mass is 9.90. The smallest absolute Gasteiger partial charge is 0.276 e. The molecule has 3 aliphatic rings. The van der Waals surface area contributed by atoms with Crippen LogP contribution >= 0.6 is 0 Å². The van der Waals surface area contributed by atoms with Crippen molar-refractivity contribution in [3.05, 3.63) is 149 Å². The maximum atomic E-state index is 14.4. The third-order valence-electron chi connectivity index (χ3n) is 12.6. The van der Waals surface area contributed by atoms with Crippen LogP contribution in [0.1, 0.15) is 90.5 Å². The highest BCUT2D eigenvalue weighted by Gasteiger charge is 2.49. The molecule has 0 spiro atoms. The average Bonchev–Trinajstić information content (AvgIpc) is 3.99. The first-order valence-electron chi connectivity index (χ1n) is 21.6. The molecule has 1 aliphatic carbocycles. The van der Waals surface area contributed by atoms with Gasteiger partial charge in [0.05, 0.1) is 0 Å². The third-order valence-corrected chi connectivity index (χ3v) is 12.6. The standard InChI is InChI=1S/C50H54FN5O5/c1-31(2)21-44-47(57)53-28-39(30-56(44)50(60)43-26-46(61-54-43)36-17-19-40(51)20-18-36)37-16-10-11-33(24-37)22-32(3)23-45-48(58)52-27-38(34-12-6-4-7-13-34)29-55(45)49(59)42-25-41(42)35-14-8-5-9-15-35/h4-20,24,26,31-32,38-39,41-42,44-45H,21-23,25,27-30H2,1-3H3,(H,52,58)(H,53,57). The van der Waals surface area contributed by atoms with Crippen molar-refractivity contribution in [2.45, 2.75) is 76.3 Å². The molecule has 3 fully saturated rings. The molecule has 11 heteroatoms. The van der Waals surface area contributed by atoms with Gasteiger partial charge in [-0.05, 0) is 90.0 Å². The van der Waals surface area contributed by atoms with Gasteiger partial charge in [-0.3, -0.25) is 19.2 Å². The Labute approximate surface area is 356 Å². The van der Waals surface area contributed by atoms with Crippen molar-refractivity contribution >= 4 is 23.6 Å². The van der Waals surface area contributed by atoms with Crippen molar-refractivity contribution in [3.63, 3.8) is 0 Å². The van der Waals surface area contributed by atoms with Crippen LogP contribution in [0.25, 0.3) is 11.3 Å². The predicted octanol–water partition coefficient (Wildman–Crippen LogP) is 7.73. The number of aromatic nitrogens is 1. The van der Waals surface area contributed by atoms with Crippen molar-refractivity contribution in [1.82, 2.24) is 25.6 Å². The van der Waals surface area contributed by atoms with Crippen LogP contribution in [-0.2, 0) is 20.8 Å². The summed E-state index contributed by atoms with van der Waals surface area (Å²) < 4.78 is 19.1. The van der Waals surface area contributed by atoms with Crippen molar-refractivity contribution in [2.24, 2.45) is 17.8 Å². The second-order valence-corrected chi connectivity index (χ2v) is 17.6. The van der Waals surface area contributed by atoms with Gasteiger partial charge < -0.3 is 25.0 Å². The molecule has 2 N–H and O–H groups in total. The van der Waals surface area contributed by atoms with Crippen LogP contribution in [-0.4, -0.2) is 76.8 Å². The second kappa shape index (κ2) is 18.3. The van der Waals surface area contributed by atoms with Gasteiger partial charge in [-0.25, -0.2) is 4.39 Å². The molecule has 7 atom stereocenters. The lowest BCUT2D eigenvalue weighted by Gasteiger charge is -2.32. The van der Waals surface area contributed by atoms with Crippen LogP contribution in [0.3, 0.4) is 0 Å². The van der Waals surface area contributed by atoms with Gasteiger partial charge in [0.25, 0.3) is 5.91 Å². The average molecular weight is 824 g/mol. The van der Waals surface area contributed by atoms with E-state index in [9.17, 15) is 23.6 Å². The lowest BCUT2D eigenvalue weighted by molar-refractivity contribution is -0.141. The van der Waals surface area contributed by atoms with Crippen molar-refractivity contribution in [2.75, 3.05) is 26.2 Å².